The number of nitrogens with zero attached hydrogens (tertiary/aromatic N) is 1. The number of hydrogen-bond donors (Lipinski definition) is 1. The van der Waals surface area contributed by atoms with Crippen LogP contribution in [0.15, 0.2) is 24.3 Å². The van der Waals surface area contributed by atoms with Crippen molar-refractivity contribution >= 4 is 10.0 Å². The predicted octanol–water partition coefficient (Wildman–Crippen LogP) is 1.71. The molecule has 0 aromatic heterocycles. The zero-order valence-corrected chi connectivity index (χ0v) is 12.4. The number of hydrogen-bond acceptors (Lipinski definition) is 3. The van der Waals surface area contributed by atoms with E-state index in [0.717, 1.165) is 19.3 Å². The van der Waals surface area contributed by atoms with Gasteiger partial charge in [-0.2, -0.15) is 0 Å². The topological polar surface area (TPSA) is 63.4 Å². The van der Waals surface area contributed by atoms with E-state index < -0.39 is 10.0 Å². The lowest BCUT2D eigenvalue weighted by molar-refractivity contribution is 0.304. The third kappa shape index (κ3) is 3.37. The molecule has 1 saturated carbocycles. The first-order valence-corrected chi connectivity index (χ1v) is 8.45. The number of halogens is 1. The van der Waals surface area contributed by atoms with Gasteiger partial charge in [-0.15, -0.1) is 0 Å². The molecular weight excluding hydrogens is 279 g/mol. The fourth-order valence-electron chi connectivity index (χ4n) is 2.87. The van der Waals surface area contributed by atoms with Gasteiger partial charge in [-0.25, -0.2) is 17.1 Å². The molecule has 1 aromatic rings. The first-order valence-electron chi connectivity index (χ1n) is 6.84. The smallest absolute Gasteiger partial charge is 0.218 e. The van der Waals surface area contributed by atoms with Crippen molar-refractivity contribution in [1.82, 2.24) is 4.31 Å². The Bertz CT molecular complexity index is 545. The maximum absolute atomic E-state index is 12.8. The van der Waals surface area contributed by atoms with E-state index in [2.05, 4.69) is 0 Å². The molecular formula is C14H21FN2O2S. The summed E-state index contributed by atoms with van der Waals surface area (Å²) in [5.41, 5.74) is 6.31. The second-order valence-electron chi connectivity index (χ2n) is 5.39. The fourth-order valence-corrected chi connectivity index (χ4v) is 4.38. The van der Waals surface area contributed by atoms with Gasteiger partial charge >= 0.3 is 0 Å². The van der Waals surface area contributed by atoms with Crippen LogP contribution in [-0.2, 0) is 15.8 Å². The number of rotatable bonds is 5. The van der Waals surface area contributed by atoms with Crippen LogP contribution in [0.5, 0.6) is 0 Å². The van der Waals surface area contributed by atoms with Crippen LogP contribution < -0.4 is 5.73 Å². The highest BCUT2D eigenvalue weighted by Gasteiger charge is 2.35. The molecule has 0 radical (unpaired) electrons. The first-order chi connectivity index (χ1) is 9.44. The first kappa shape index (κ1) is 15.4. The summed E-state index contributed by atoms with van der Waals surface area (Å²) in [4.78, 5) is 0. The van der Waals surface area contributed by atoms with E-state index in [1.165, 1.54) is 28.6 Å². The van der Waals surface area contributed by atoms with Crippen molar-refractivity contribution in [2.24, 2.45) is 11.7 Å². The van der Waals surface area contributed by atoms with Crippen LogP contribution >= 0.6 is 0 Å². The zero-order valence-electron chi connectivity index (χ0n) is 11.6. The van der Waals surface area contributed by atoms with Gasteiger partial charge in [-0.3, -0.25) is 0 Å². The minimum atomic E-state index is -3.40. The van der Waals surface area contributed by atoms with Crippen LogP contribution in [0.25, 0.3) is 0 Å². The summed E-state index contributed by atoms with van der Waals surface area (Å²) in [5, 5.41) is 0. The van der Waals surface area contributed by atoms with E-state index in [0.29, 0.717) is 12.1 Å². The summed E-state index contributed by atoms with van der Waals surface area (Å²) in [5.74, 6) is -0.223. The number of nitrogens with two attached hydrogens (primary N) is 1. The molecule has 2 N–H and O–H groups in total. The van der Waals surface area contributed by atoms with Gasteiger partial charge in [0.1, 0.15) is 5.82 Å². The number of sulfonamides is 1. The lowest BCUT2D eigenvalue weighted by Crippen LogP contribution is -2.41. The Labute approximate surface area is 119 Å². The minimum absolute atomic E-state index is 0.00884. The normalized spacial score (nSPS) is 23.4. The average Bonchev–Trinajstić information content (AvgIpc) is 2.88. The van der Waals surface area contributed by atoms with Gasteiger partial charge in [0.05, 0.1) is 5.75 Å². The van der Waals surface area contributed by atoms with E-state index in [9.17, 15) is 12.8 Å². The highest BCUT2D eigenvalue weighted by atomic mass is 32.2. The van der Waals surface area contributed by atoms with Gasteiger partial charge in [0.25, 0.3) is 0 Å². The molecule has 2 atom stereocenters. The quantitative estimate of drug-likeness (QED) is 0.900. The molecule has 0 bridgehead atoms. The molecule has 0 heterocycles. The van der Waals surface area contributed by atoms with E-state index in [1.807, 2.05) is 0 Å². The second kappa shape index (κ2) is 6.20. The van der Waals surface area contributed by atoms with Gasteiger partial charge in [0.2, 0.25) is 10.0 Å². The van der Waals surface area contributed by atoms with Gasteiger partial charge in [-0.1, -0.05) is 18.6 Å². The summed E-state index contributed by atoms with van der Waals surface area (Å²) < 4.78 is 39.2. The lowest BCUT2D eigenvalue weighted by Gasteiger charge is -2.28. The van der Waals surface area contributed by atoms with E-state index >= 15 is 0 Å². The predicted molar refractivity (Wildman–Crippen MR) is 77.0 cm³/mol. The highest BCUT2D eigenvalue weighted by molar-refractivity contribution is 7.88. The Morgan fingerprint density at radius 2 is 1.95 bits per heavy atom. The third-order valence-electron chi connectivity index (χ3n) is 4.09. The van der Waals surface area contributed by atoms with Gasteiger partial charge in [-0.05, 0) is 43.0 Å². The van der Waals surface area contributed by atoms with Crippen LogP contribution in [-0.4, -0.2) is 32.4 Å². The molecule has 4 nitrogen and oxygen atoms in total. The monoisotopic (exact) mass is 300 g/mol. The minimum Gasteiger partial charge on any atom is -0.330 e. The SMILES string of the molecule is CN(C1CCCC1CN)S(=O)(=O)Cc1ccc(F)cc1. The van der Waals surface area contributed by atoms with Gasteiger partial charge in [0.15, 0.2) is 0 Å². The maximum Gasteiger partial charge on any atom is 0.218 e. The van der Waals surface area contributed by atoms with E-state index in [4.69, 9.17) is 5.73 Å². The molecule has 112 valence electrons. The Hall–Kier alpha value is -0.980. The Morgan fingerprint density at radius 1 is 1.30 bits per heavy atom. The molecule has 1 aliphatic carbocycles. The molecule has 0 amide bonds. The molecule has 0 saturated heterocycles. The summed E-state index contributed by atoms with van der Waals surface area (Å²) in [6, 6.07) is 5.57. The third-order valence-corrected chi connectivity index (χ3v) is 5.94. The standard InChI is InChI=1S/C14H21FN2O2S/c1-17(14-4-2-3-12(14)9-16)20(18,19)10-11-5-7-13(15)8-6-11/h5-8,12,14H,2-4,9-10,16H2,1H3. The van der Waals surface area contributed by atoms with Gasteiger partial charge < -0.3 is 5.73 Å². The molecule has 1 fully saturated rings. The number of benzene rings is 1. The van der Waals surface area contributed by atoms with Crippen molar-refractivity contribution in [3.05, 3.63) is 35.6 Å². The Balaban J connectivity index is 2.11. The molecule has 20 heavy (non-hydrogen) atoms. The molecule has 6 heteroatoms. The Kier molecular flexibility index (Phi) is 4.78. The zero-order chi connectivity index (χ0) is 14.8. The van der Waals surface area contributed by atoms with Crippen molar-refractivity contribution < 1.29 is 12.8 Å². The van der Waals surface area contributed by atoms with Crippen LogP contribution in [0, 0.1) is 11.7 Å². The molecule has 2 unspecified atom stereocenters. The van der Waals surface area contributed by atoms with Crippen molar-refractivity contribution in [1.29, 1.82) is 0 Å². The molecule has 2 rings (SSSR count). The van der Waals surface area contributed by atoms with Crippen LogP contribution in [0.1, 0.15) is 24.8 Å². The van der Waals surface area contributed by atoms with Crippen molar-refractivity contribution in [3.8, 4) is 0 Å². The summed E-state index contributed by atoms with van der Waals surface area (Å²) in [7, 11) is -1.77. The second-order valence-corrected chi connectivity index (χ2v) is 7.42. The van der Waals surface area contributed by atoms with Crippen molar-refractivity contribution in [2.45, 2.75) is 31.1 Å². The van der Waals surface area contributed by atoms with Crippen LogP contribution in [0.4, 0.5) is 4.39 Å². The molecule has 1 aliphatic rings. The maximum atomic E-state index is 12.8. The van der Waals surface area contributed by atoms with E-state index in [-0.39, 0.29) is 23.5 Å². The fraction of sp³-hybridized carbons (Fsp3) is 0.571. The summed E-state index contributed by atoms with van der Waals surface area (Å²) in [6.07, 6.45) is 2.86. The molecule has 0 aliphatic heterocycles. The molecule has 1 aromatic carbocycles. The van der Waals surface area contributed by atoms with Crippen LogP contribution in [0.2, 0.25) is 0 Å². The van der Waals surface area contributed by atoms with Crippen LogP contribution in [0.3, 0.4) is 0 Å². The van der Waals surface area contributed by atoms with Crippen molar-refractivity contribution in [2.75, 3.05) is 13.6 Å². The van der Waals surface area contributed by atoms with E-state index in [1.54, 1.807) is 7.05 Å². The molecule has 0 spiro atoms. The Morgan fingerprint density at radius 3 is 2.55 bits per heavy atom. The largest absolute Gasteiger partial charge is 0.330 e. The average molecular weight is 300 g/mol. The summed E-state index contributed by atoms with van der Waals surface area (Å²) in [6.45, 7) is 0.515. The highest BCUT2D eigenvalue weighted by Crippen LogP contribution is 2.30. The van der Waals surface area contributed by atoms with Gasteiger partial charge in [0, 0.05) is 13.1 Å². The summed E-state index contributed by atoms with van der Waals surface area (Å²) >= 11 is 0. The lowest BCUT2D eigenvalue weighted by atomic mass is 10.0. The van der Waals surface area contributed by atoms with Crippen molar-refractivity contribution in [3.63, 3.8) is 0 Å².